The SMILES string of the molecule is Cc1ccc(OC2CCN(C(=O)Cn3cccnc3=O)CC2)cc1C. The lowest BCUT2D eigenvalue weighted by atomic mass is 10.1. The van der Waals surface area contributed by atoms with Crippen LogP contribution in [0.25, 0.3) is 0 Å². The maximum Gasteiger partial charge on any atom is 0.347 e. The van der Waals surface area contributed by atoms with Crippen molar-refractivity contribution in [2.24, 2.45) is 0 Å². The first-order chi connectivity index (χ1) is 12.0. The average Bonchev–Trinajstić information content (AvgIpc) is 2.61. The number of amides is 1. The van der Waals surface area contributed by atoms with Gasteiger partial charge in [-0.25, -0.2) is 9.78 Å². The highest BCUT2D eigenvalue weighted by Gasteiger charge is 2.24. The molecule has 2 heterocycles. The van der Waals surface area contributed by atoms with Crippen LogP contribution in [0.1, 0.15) is 24.0 Å². The van der Waals surface area contributed by atoms with Crippen LogP contribution >= 0.6 is 0 Å². The van der Waals surface area contributed by atoms with Gasteiger partial charge >= 0.3 is 5.69 Å². The highest BCUT2D eigenvalue weighted by molar-refractivity contribution is 5.76. The van der Waals surface area contributed by atoms with Gasteiger partial charge < -0.3 is 9.64 Å². The van der Waals surface area contributed by atoms with Gasteiger partial charge in [0, 0.05) is 38.3 Å². The molecule has 0 radical (unpaired) electrons. The molecule has 1 amide bonds. The van der Waals surface area contributed by atoms with Crippen LogP contribution in [0.3, 0.4) is 0 Å². The van der Waals surface area contributed by atoms with Gasteiger partial charge in [0.1, 0.15) is 18.4 Å². The predicted molar refractivity (Wildman–Crippen MR) is 94.6 cm³/mol. The smallest absolute Gasteiger partial charge is 0.347 e. The van der Waals surface area contributed by atoms with Gasteiger partial charge in [0.25, 0.3) is 0 Å². The Hall–Kier alpha value is -2.63. The summed E-state index contributed by atoms with van der Waals surface area (Å²) in [6.45, 7) is 5.47. The van der Waals surface area contributed by atoms with E-state index in [0.717, 1.165) is 18.6 Å². The van der Waals surface area contributed by atoms with Gasteiger partial charge in [-0.3, -0.25) is 9.36 Å². The largest absolute Gasteiger partial charge is 0.490 e. The van der Waals surface area contributed by atoms with Crippen LogP contribution in [-0.4, -0.2) is 39.6 Å². The Kier molecular flexibility index (Phi) is 5.16. The standard InChI is InChI=1S/C19H23N3O3/c1-14-4-5-17(12-15(14)2)25-16-6-10-21(11-7-16)18(23)13-22-9-3-8-20-19(22)24/h3-5,8-9,12,16H,6-7,10-11,13H2,1-2H3. The fourth-order valence-electron chi connectivity index (χ4n) is 2.96. The van der Waals surface area contributed by atoms with Crippen molar-refractivity contribution in [1.29, 1.82) is 0 Å². The molecule has 6 nitrogen and oxygen atoms in total. The van der Waals surface area contributed by atoms with Crippen molar-refractivity contribution >= 4 is 5.91 Å². The number of nitrogens with zero attached hydrogens (tertiary/aromatic N) is 3. The zero-order chi connectivity index (χ0) is 17.8. The van der Waals surface area contributed by atoms with Gasteiger partial charge in [0.2, 0.25) is 5.91 Å². The quantitative estimate of drug-likeness (QED) is 0.852. The number of hydrogen-bond acceptors (Lipinski definition) is 4. The molecule has 0 saturated carbocycles. The second-order valence-corrected chi connectivity index (χ2v) is 6.47. The second kappa shape index (κ2) is 7.51. The molecule has 6 heteroatoms. The fourth-order valence-corrected chi connectivity index (χ4v) is 2.96. The maximum absolute atomic E-state index is 12.4. The number of benzene rings is 1. The highest BCUT2D eigenvalue weighted by Crippen LogP contribution is 2.21. The van der Waals surface area contributed by atoms with E-state index >= 15 is 0 Å². The summed E-state index contributed by atoms with van der Waals surface area (Å²) in [5.74, 6) is 0.828. The zero-order valence-electron chi connectivity index (χ0n) is 14.6. The summed E-state index contributed by atoms with van der Waals surface area (Å²) in [6.07, 6.45) is 4.72. The lowest BCUT2D eigenvalue weighted by Crippen LogP contribution is -2.44. The second-order valence-electron chi connectivity index (χ2n) is 6.47. The van der Waals surface area contributed by atoms with Crippen molar-refractivity contribution in [1.82, 2.24) is 14.5 Å². The van der Waals surface area contributed by atoms with Gasteiger partial charge in [0.15, 0.2) is 0 Å². The summed E-state index contributed by atoms with van der Waals surface area (Å²) >= 11 is 0. The van der Waals surface area contributed by atoms with E-state index in [9.17, 15) is 9.59 Å². The number of carbonyl (C=O) groups is 1. The Morgan fingerprint density at radius 2 is 2.00 bits per heavy atom. The number of hydrogen-bond donors (Lipinski definition) is 0. The third-order valence-electron chi connectivity index (χ3n) is 4.66. The molecule has 1 fully saturated rings. The Morgan fingerprint density at radius 3 is 2.68 bits per heavy atom. The maximum atomic E-state index is 12.4. The van der Waals surface area contributed by atoms with Gasteiger partial charge in [0.05, 0.1) is 0 Å². The number of carbonyl (C=O) groups excluding carboxylic acids is 1. The molecule has 1 aromatic heterocycles. The predicted octanol–water partition coefficient (Wildman–Crippen LogP) is 1.93. The van der Waals surface area contributed by atoms with Crippen molar-refractivity contribution in [2.45, 2.75) is 39.3 Å². The highest BCUT2D eigenvalue weighted by atomic mass is 16.5. The van der Waals surface area contributed by atoms with Crippen molar-refractivity contribution < 1.29 is 9.53 Å². The number of aryl methyl sites for hydroxylation is 2. The average molecular weight is 341 g/mol. The molecule has 1 aliphatic rings. The number of piperidine rings is 1. The van der Waals surface area contributed by atoms with Gasteiger partial charge in [-0.2, -0.15) is 0 Å². The van der Waals surface area contributed by atoms with Crippen LogP contribution in [0.4, 0.5) is 0 Å². The van der Waals surface area contributed by atoms with E-state index in [1.54, 1.807) is 17.2 Å². The number of rotatable bonds is 4. The summed E-state index contributed by atoms with van der Waals surface area (Å²) in [5, 5.41) is 0. The van der Waals surface area contributed by atoms with Gasteiger partial charge in [-0.1, -0.05) is 6.07 Å². The van der Waals surface area contributed by atoms with E-state index in [1.165, 1.54) is 21.9 Å². The first-order valence-corrected chi connectivity index (χ1v) is 8.56. The number of aromatic nitrogens is 2. The van der Waals surface area contributed by atoms with E-state index in [1.807, 2.05) is 6.07 Å². The molecule has 1 saturated heterocycles. The third-order valence-corrected chi connectivity index (χ3v) is 4.66. The Labute approximate surface area is 147 Å². The van der Waals surface area contributed by atoms with E-state index in [0.29, 0.717) is 13.1 Å². The van der Waals surface area contributed by atoms with E-state index in [2.05, 4.69) is 31.0 Å². The molecular formula is C19H23N3O3. The molecule has 25 heavy (non-hydrogen) atoms. The molecule has 0 N–H and O–H groups in total. The number of likely N-dealkylation sites (tertiary alicyclic amines) is 1. The summed E-state index contributed by atoms with van der Waals surface area (Å²) in [6, 6.07) is 7.77. The minimum atomic E-state index is -0.399. The van der Waals surface area contributed by atoms with Crippen LogP contribution in [0.15, 0.2) is 41.5 Å². The summed E-state index contributed by atoms with van der Waals surface area (Å²) in [4.78, 5) is 29.4. The van der Waals surface area contributed by atoms with Gasteiger partial charge in [-0.15, -0.1) is 0 Å². The van der Waals surface area contributed by atoms with Crippen LogP contribution < -0.4 is 10.4 Å². The summed E-state index contributed by atoms with van der Waals surface area (Å²) in [7, 11) is 0. The molecule has 0 bridgehead atoms. The normalized spacial score (nSPS) is 15.2. The Morgan fingerprint density at radius 1 is 1.24 bits per heavy atom. The molecular weight excluding hydrogens is 318 g/mol. The first kappa shape index (κ1) is 17.2. The molecule has 0 spiro atoms. The Balaban J connectivity index is 1.53. The summed E-state index contributed by atoms with van der Waals surface area (Å²) in [5.41, 5.74) is 2.06. The van der Waals surface area contributed by atoms with Crippen LogP contribution in [0, 0.1) is 13.8 Å². The molecule has 1 aliphatic heterocycles. The monoisotopic (exact) mass is 341 g/mol. The van der Waals surface area contributed by atoms with Crippen molar-refractivity contribution in [3.8, 4) is 5.75 Å². The zero-order valence-corrected chi connectivity index (χ0v) is 14.6. The van der Waals surface area contributed by atoms with Gasteiger partial charge in [-0.05, 0) is 43.2 Å². The van der Waals surface area contributed by atoms with Crippen LogP contribution in [-0.2, 0) is 11.3 Å². The summed E-state index contributed by atoms with van der Waals surface area (Å²) < 4.78 is 7.39. The van der Waals surface area contributed by atoms with E-state index in [-0.39, 0.29) is 18.6 Å². The molecule has 0 atom stereocenters. The van der Waals surface area contributed by atoms with Crippen molar-refractivity contribution in [3.05, 3.63) is 58.3 Å². The molecule has 0 aliphatic carbocycles. The minimum Gasteiger partial charge on any atom is -0.490 e. The molecule has 3 rings (SSSR count). The third kappa shape index (κ3) is 4.26. The van der Waals surface area contributed by atoms with Crippen LogP contribution in [0.2, 0.25) is 0 Å². The van der Waals surface area contributed by atoms with E-state index < -0.39 is 5.69 Å². The molecule has 1 aromatic carbocycles. The lowest BCUT2D eigenvalue weighted by Gasteiger charge is -2.32. The first-order valence-electron chi connectivity index (χ1n) is 8.56. The molecule has 132 valence electrons. The molecule has 2 aromatic rings. The topological polar surface area (TPSA) is 64.4 Å². The van der Waals surface area contributed by atoms with Crippen molar-refractivity contribution in [3.63, 3.8) is 0 Å². The number of ether oxygens (including phenoxy) is 1. The van der Waals surface area contributed by atoms with Crippen LogP contribution in [0.5, 0.6) is 5.75 Å². The Bertz CT molecular complexity index is 808. The fraction of sp³-hybridized carbons (Fsp3) is 0.421. The molecule has 0 unspecified atom stereocenters. The lowest BCUT2D eigenvalue weighted by molar-refractivity contribution is -0.133. The van der Waals surface area contributed by atoms with Crippen molar-refractivity contribution in [2.75, 3.05) is 13.1 Å². The van der Waals surface area contributed by atoms with E-state index in [4.69, 9.17) is 4.74 Å². The minimum absolute atomic E-state index is 0.0371.